The smallest absolute Gasteiger partial charge is 0.346 e. The molecule has 0 atom stereocenters. The minimum Gasteiger partial charge on any atom is -0.477 e. The molecule has 0 unspecified atom stereocenters. The van der Waals surface area contributed by atoms with Crippen molar-refractivity contribution in [2.45, 2.75) is 0 Å². The van der Waals surface area contributed by atoms with Crippen LogP contribution >= 0.6 is 11.6 Å². The van der Waals surface area contributed by atoms with Gasteiger partial charge in [0.1, 0.15) is 5.03 Å². The standard InChI is InChI=1S/C8H18O5.C3H3ClO2/c9-1-3-11-5-7-13-8-6-12-4-2-10;1-2(4)3(5)6/h9-10H,1-8H2;1H2,(H,5,6). The van der Waals surface area contributed by atoms with Gasteiger partial charge in [0, 0.05) is 0 Å². The molecule has 114 valence electrons. The Hall–Kier alpha value is -0.700. The van der Waals surface area contributed by atoms with Crippen LogP contribution in [-0.4, -0.2) is 74.1 Å². The fraction of sp³-hybridized carbons (Fsp3) is 0.727. The number of aliphatic hydroxyl groups excluding tert-OH is 2. The number of halogens is 1. The molecule has 3 N–H and O–H groups in total. The molecule has 0 saturated heterocycles. The van der Waals surface area contributed by atoms with Gasteiger partial charge in [-0.05, 0) is 0 Å². The minimum absolute atomic E-state index is 0.0413. The highest BCUT2D eigenvalue weighted by Crippen LogP contribution is 1.92. The molecule has 0 aliphatic heterocycles. The summed E-state index contributed by atoms with van der Waals surface area (Å²) in [6.07, 6.45) is 0. The van der Waals surface area contributed by atoms with Gasteiger partial charge in [0.15, 0.2) is 0 Å². The maximum absolute atomic E-state index is 9.47. The quantitative estimate of drug-likeness (QED) is 0.360. The molecule has 0 fully saturated rings. The Morgan fingerprint density at radius 2 is 1.16 bits per heavy atom. The molecule has 19 heavy (non-hydrogen) atoms. The van der Waals surface area contributed by atoms with Crippen LogP contribution in [0.2, 0.25) is 0 Å². The molecular formula is C11H21ClO7. The molecule has 0 radical (unpaired) electrons. The molecule has 0 spiro atoms. The van der Waals surface area contributed by atoms with Crippen molar-refractivity contribution in [2.24, 2.45) is 0 Å². The van der Waals surface area contributed by atoms with E-state index in [0.29, 0.717) is 39.6 Å². The predicted molar refractivity (Wildman–Crippen MR) is 69.3 cm³/mol. The van der Waals surface area contributed by atoms with Crippen molar-refractivity contribution < 1.29 is 34.3 Å². The molecule has 0 aliphatic carbocycles. The number of hydrogen-bond acceptors (Lipinski definition) is 6. The molecule has 8 heteroatoms. The van der Waals surface area contributed by atoms with Crippen LogP contribution in [0.15, 0.2) is 11.6 Å². The lowest BCUT2D eigenvalue weighted by Crippen LogP contribution is -2.11. The zero-order chi connectivity index (χ0) is 14.9. The number of aliphatic carboxylic acids is 1. The molecule has 7 nitrogen and oxygen atoms in total. The number of carbonyl (C=O) groups is 1. The van der Waals surface area contributed by atoms with Crippen LogP contribution in [0.5, 0.6) is 0 Å². The summed E-state index contributed by atoms with van der Waals surface area (Å²) in [5.74, 6) is -1.17. The molecule has 0 amide bonds. The van der Waals surface area contributed by atoms with Crippen molar-refractivity contribution in [3.05, 3.63) is 11.6 Å². The molecule has 0 aromatic rings. The van der Waals surface area contributed by atoms with Crippen molar-refractivity contribution in [3.8, 4) is 0 Å². The second-order valence-electron chi connectivity index (χ2n) is 2.99. The number of carboxylic acid groups (broad SMARTS) is 1. The highest BCUT2D eigenvalue weighted by molar-refractivity contribution is 6.40. The van der Waals surface area contributed by atoms with Gasteiger partial charge >= 0.3 is 5.97 Å². The van der Waals surface area contributed by atoms with E-state index in [0.717, 1.165) is 0 Å². The summed E-state index contributed by atoms with van der Waals surface area (Å²) in [6, 6.07) is 0. The lowest BCUT2D eigenvalue weighted by atomic mass is 10.7. The third-order valence-corrected chi connectivity index (χ3v) is 1.61. The first kappa shape index (κ1) is 20.6. The minimum atomic E-state index is -1.17. The average molecular weight is 301 g/mol. The van der Waals surface area contributed by atoms with Gasteiger partial charge in [-0.25, -0.2) is 4.79 Å². The van der Waals surface area contributed by atoms with Crippen LogP contribution in [0.25, 0.3) is 0 Å². The van der Waals surface area contributed by atoms with Crippen molar-refractivity contribution in [1.29, 1.82) is 0 Å². The maximum Gasteiger partial charge on any atom is 0.346 e. The van der Waals surface area contributed by atoms with Gasteiger partial charge in [0.2, 0.25) is 0 Å². The highest BCUT2D eigenvalue weighted by Gasteiger charge is 1.93. The van der Waals surface area contributed by atoms with E-state index < -0.39 is 5.97 Å². The topological polar surface area (TPSA) is 105 Å². The second-order valence-corrected chi connectivity index (χ2v) is 3.45. The van der Waals surface area contributed by atoms with E-state index in [1.54, 1.807) is 0 Å². The molecule has 0 aromatic heterocycles. The fourth-order valence-corrected chi connectivity index (χ4v) is 0.671. The third kappa shape index (κ3) is 22.9. The highest BCUT2D eigenvalue weighted by atomic mass is 35.5. The van der Waals surface area contributed by atoms with Crippen LogP contribution in [0, 0.1) is 0 Å². The van der Waals surface area contributed by atoms with Crippen molar-refractivity contribution >= 4 is 17.6 Å². The summed E-state index contributed by atoms with van der Waals surface area (Å²) in [5.41, 5.74) is 0. The van der Waals surface area contributed by atoms with Gasteiger partial charge < -0.3 is 29.5 Å². The van der Waals surface area contributed by atoms with E-state index in [2.05, 4.69) is 6.58 Å². The van der Waals surface area contributed by atoms with Gasteiger partial charge in [-0.15, -0.1) is 0 Å². The summed E-state index contributed by atoms with van der Waals surface area (Å²) in [5, 5.41) is 24.1. The van der Waals surface area contributed by atoms with Gasteiger partial charge in [0.25, 0.3) is 0 Å². The number of aliphatic hydroxyl groups is 2. The molecule has 0 aliphatic rings. The van der Waals surface area contributed by atoms with Gasteiger partial charge in [-0.1, -0.05) is 18.2 Å². The zero-order valence-electron chi connectivity index (χ0n) is 10.7. The Balaban J connectivity index is 0. The Morgan fingerprint density at radius 3 is 1.37 bits per heavy atom. The Labute approximate surface area is 117 Å². The van der Waals surface area contributed by atoms with E-state index in [4.69, 9.17) is 41.1 Å². The molecular weight excluding hydrogens is 280 g/mol. The summed E-state index contributed by atoms with van der Waals surface area (Å²) in [6.45, 7) is 5.68. The third-order valence-electron chi connectivity index (χ3n) is 1.45. The summed E-state index contributed by atoms with van der Waals surface area (Å²) < 4.78 is 15.0. The lowest BCUT2D eigenvalue weighted by Gasteiger charge is -2.04. The maximum atomic E-state index is 9.47. The number of carboxylic acids is 1. The van der Waals surface area contributed by atoms with E-state index in [-0.39, 0.29) is 18.2 Å². The second kappa shape index (κ2) is 17.3. The first-order chi connectivity index (χ1) is 9.06. The number of ether oxygens (including phenoxy) is 3. The van der Waals surface area contributed by atoms with Gasteiger partial charge in [0.05, 0.1) is 52.9 Å². The van der Waals surface area contributed by atoms with Gasteiger partial charge in [-0.2, -0.15) is 0 Å². The monoisotopic (exact) mass is 300 g/mol. The molecule has 0 aromatic carbocycles. The van der Waals surface area contributed by atoms with Gasteiger partial charge in [-0.3, -0.25) is 0 Å². The van der Waals surface area contributed by atoms with E-state index in [1.165, 1.54) is 0 Å². The Morgan fingerprint density at radius 1 is 0.895 bits per heavy atom. The molecule has 0 bridgehead atoms. The largest absolute Gasteiger partial charge is 0.477 e. The van der Waals surface area contributed by atoms with Crippen LogP contribution in [0.3, 0.4) is 0 Å². The number of rotatable bonds is 11. The van der Waals surface area contributed by atoms with Crippen molar-refractivity contribution in [1.82, 2.24) is 0 Å². The Bertz CT molecular complexity index is 201. The predicted octanol–water partition coefficient (Wildman–Crippen LogP) is -0.156. The summed E-state index contributed by atoms with van der Waals surface area (Å²) in [4.78, 5) is 9.47. The van der Waals surface area contributed by atoms with E-state index >= 15 is 0 Å². The van der Waals surface area contributed by atoms with Crippen LogP contribution in [0.1, 0.15) is 0 Å². The summed E-state index contributed by atoms with van der Waals surface area (Å²) >= 11 is 4.82. The van der Waals surface area contributed by atoms with Crippen molar-refractivity contribution in [2.75, 3.05) is 52.9 Å². The van der Waals surface area contributed by atoms with Crippen molar-refractivity contribution in [3.63, 3.8) is 0 Å². The molecule has 0 heterocycles. The zero-order valence-corrected chi connectivity index (χ0v) is 11.5. The van der Waals surface area contributed by atoms with Crippen LogP contribution in [-0.2, 0) is 19.0 Å². The molecule has 0 saturated carbocycles. The van der Waals surface area contributed by atoms with E-state index in [1.807, 2.05) is 0 Å². The lowest BCUT2D eigenvalue weighted by molar-refractivity contribution is -0.131. The van der Waals surface area contributed by atoms with Crippen LogP contribution < -0.4 is 0 Å². The SMILES string of the molecule is C=C(Cl)C(=O)O.OCCOCCOCCOCCO. The van der Waals surface area contributed by atoms with Crippen LogP contribution in [0.4, 0.5) is 0 Å². The first-order valence-corrected chi connectivity index (χ1v) is 5.96. The average Bonchev–Trinajstić information content (AvgIpc) is 2.37. The first-order valence-electron chi connectivity index (χ1n) is 5.58. The normalized spacial score (nSPS) is 9.63. The fourth-order valence-electron chi connectivity index (χ4n) is 0.671. The summed E-state index contributed by atoms with van der Waals surface area (Å²) in [7, 11) is 0. The molecule has 0 rings (SSSR count). The Kier molecular flexibility index (Phi) is 18.8. The van der Waals surface area contributed by atoms with E-state index in [9.17, 15) is 4.79 Å². The number of hydrogen-bond donors (Lipinski definition) is 3.